The largest absolute Gasteiger partial charge is 0.497 e. The maximum absolute atomic E-state index is 13.8. The van der Waals surface area contributed by atoms with E-state index in [4.69, 9.17) is 15.2 Å². The normalized spacial score (nSPS) is 15.4. The van der Waals surface area contributed by atoms with Crippen molar-refractivity contribution in [1.29, 1.82) is 5.41 Å². The monoisotopic (exact) mass is 455 g/mol. The summed E-state index contributed by atoms with van der Waals surface area (Å²) in [7, 11) is 1.63. The number of amides is 1. The lowest BCUT2D eigenvalue weighted by Gasteiger charge is -2.28. The second kappa shape index (κ2) is 8.82. The summed E-state index contributed by atoms with van der Waals surface area (Å²) >= 11 is 0. The molecular weight excluding hydrogens is 426 g/mol. The van der Waals surface area contributed by atoms with Gasteiger partial charge in [-0.15, -0.1) is 0 Å². The summed E-state index contributed by atoms with van der Waals surface area (Å²) in [6, 6.07) is 15.3. The standard InChI is InChI=1S/C27H29N5O2/c1-18(2)24-23-14-17-31(20-8-6-19(7-9-20)26(28)30-15-4-5-16-30)27(33)25(23)32(29-24)21-10-12-22(34-3)13-11-21/h6-13,28H,1,4-5,14-17H2,2-3H3. The maximum Gasteiger partial charge on any atom is 0.277 e. The van der Waals surface area contributed by atoms with Gasteiger partial charge in [0.1, 0.15) is 17.3 Å². The smallest absolute Gasteiger partial charge is 0.277 e. The molecule has 0 radical (unpaired) electrons. The first-order valence-corrected chi connectivity index (χ1v) is 11.7. The number of hydrogen-bond donors (Lipinski definition) is 1. The van der Waals surface area contributed by atoms with Crippen LogP contribution in [0, 0.1) is 5.41 Å². The van der Waals surface area contributed by atoms with Crippen LogP contribution in [-0.2, 0) is 6.42 Å². The van der Waals surface area contributed by atoms with Crippen molar-refractivity contribution in [2.45, 2.75) is 26.2 Å². The van der Waals surface area contributed by atoms with Crippen LogP contribution in [-0.4, -0.2) is 53.2 Å². The molecule has 1 saturated heterocycles. The molecule has 2 aliphatic rings. The van der Waals surface area contributed by atoms with Gasteiger partial charge in [-0.05, 0) is 80.3 Å². The summed E-state index contributed by atoms with van der Waals surface area (Å²) in [6.07, 6.45) is 2.98. The molecule has 0 spiro atoms. The van der Waals surface area contributed by atoms with Crippen LogP contribution in [0.15, 0.2) is 55.1 Å². The fraction of sp³-hybridized carbons (Fsp3) is 0.296. The fourth-order valence-corrected chi connectivity index (χ4v) is 4.78. The molecule has 174 valence electrons. The SMILES string of the molecule is C=C(C)c1nn(-c2ccc(OC)cc2)c2c1CCN(c1ccc(C(=N)N3CCCC3)cc1)C2=O. The fourth-order valence-electron chi connectivity index (χ4n) is 4.78. The second-order valence-corrected chi connectivity index (χ2v) is 8.86. The van der Waals surface area contributed by atoms with Crippen LogP contribution in [0.1, 0.15) is 47.1 Å². The predicted octanol–water partition coefficient (Wildman–Crippen LogP) is 4.54. The Morgan fingerprint density at radius 2 is 1.65 bits per heavy atom. The molecule has 1 N–H and O–H groups in total. The van der Waals surface area contributed by atoms with Gasteiger partial charge in [0.05, 0.1) is 18.5 Å². The maximum atomic E-state index is 13.8. The first-order valence-electron chi connectivity index (χ1n) is 11.7. The molecule has 1 aromatic heterocycles. The molecule has 0 unspecified atom stereocenters. The Labute approximate surface area is 199 Å². The quantitative estimate of drug-likeness (QED) is 0.453. The lowest BCUT2D eigenvalue weighted by atomic mass is 10.00. The Morgan fingerprint density at radius 3 is 2.26 bits per heavy atom. The van der Waals surface area contributed by atoms with E-state index in [0.29, 0.717) is 24.5 Å². The summed E-state index contributed by atoms with van der Waals surface area (Å²) in [6.45, 7) is 8.46. The highest BCUT2D eigenvalue weighted by atomic mass is 16.5. The van der Waals surface area contributed by atoms with Crippen molar-refractivity contribution >= 4 is 23.0 Å². The van der Waals surface area contributed by atoms with E-state index in [-0.39, 0.29) is 5.91 Å². The van der Waals surface area contributed by atoms with Gasteiger partial charge in [0.2, 0.25) is 0 Å². The second-order valence-electron chi connectivity index (χ2n) is 8.86. The Morgan fingerprint density at radius 1 is 1.00 bits per heavy atom. The van der Waals surface area contributed by atoms with Crippen LogP contribution in [0.3, 0.4) is 0 Å². The molecule has 2 aromatic carbocycles. The number of amidine groups is 1. The van der Waals surface area contributed by atoms with E-state index in [1.807, 2.05) is 55.5 Å². The van der Waals surface area contributed by atoms with Gasteiger partial charge in [-0.3, -0.25) is 10.2 Å². The minimum absolute atomic E-state index is 0.0839. The number of allylic oxidation sites excluding steroid dienone is 1. The van der Waals surface area contributed by atoms with E-state index in [0.717, 1.165) is 65.4 Å². The van der Waals surface area contributed by atoms with E-state index < -0.39 is 0 Å². The number of fused-ring (bicyclic) bond motifs is 1. The highest BCUT2D eigenvalue weighted by Gasteiger charge is 2.33. The van der Waals surface area contributed by atoms with Crippen molar-refractivity contribution in [3.63, 3.8) is 0 Å². The van der Waals surface area contributed by atoms with Gasteiger partial charge in [0, 0.05) is 36.4 Å². The molecule has 34 heavy (non-hydrogen) atoms. The lowest BCUT2D eigenvalue weighted by molar-refractivity contribution is 0.0973. The van der Waals surface area contributed by atoms with Crippen LogP contribution in [0.4, 0.5) is 5.69 Å². The molecule has 3 heterocycles. The lowest BCUT2D eigenvalue weighted by Crippen LogP contribution is -2.39. The van der Waals surface area contributed by atoms with E-state index in [2.05, 4.69) is 11.5 Å². The van der Waals surface area contributed by atoms with E-state index in [1.54, 1.807) is 16.7 Å². The number of rotatable bonds is 5. The average molecular weight is 456 g/mol. The number of likely N-dealkylation sites (tertiary alicyclic amines) is 1. The Bertz CT molecular complexity index is 1250. The van der Waals surface area contributed by atoms with E-state index >= 15 is 0 Å². The highest BCUT2D eigenvalue weighted by molar-refractivity contribution is 6.08. The zero-order valence-corrected chi connectivity index (χ0v) is 19.7. The minimum atomic E-state index is -0.0839. The molecule has 1 amide bonds. The van der Waals surface area contributed by atoms with Crippen molar-refractivity contribution in [1.82, 2.24) is 14.7 Å². The van der Waals surface area contributed by atoms with Gasteiger partial charge in [0.15, 0.2) is 0 Å². The van der Waals surface area contributed by atoms with Crippen LogP contribution < -0.4 is 9.64 Å². The molecule has 0 bridgehead atoms. The molecule has 0 atom stereocenters. The van der Waals surface area contributed by atoms with Gasteiger partial charge < -0.3 is 14.5 Å². The predicted molar refractivity (Wildman–Crippen MR) is 134 cm³/mol. The first-order chi connectivity index (χ1) is 16.5. The Balaban J connectivity index is 1.48. The number of hydrogen-bond acceptors (Lipinski definition) is 4. The van der Waals surface area contributed by atoms with Crippen molar-refractivity contribution in [3.05, 3.63) is 77.6 Å². The van der Waals surface area contributed by atoms with Crippen LogP contribution in [0.25, 0.3) is 11.3 Å². The van der Waals surface area contributed by atoms with Crippen molar-refractivity contribution in [2.75, 3.05) is 31.6 Å². The third kappa shape index (κ3) is 3.77. The topological polar surface area (TPSA) is 74.5 Å². The Kier molecular flexibility index (Phi) is 5.69. The number of anilines is 1. The summed E-state index contributed by atoms with van der Waals surface area (Å²) in [5, 5.41) is 13.3. The zero-order chi connectivity index (χ0) is 23.8. The van der Waals surface area contributed by atoms with Crippen LogP contribution >= 0.6 is 0 Å². The van der Waals surface area contributed by atoms with Gasteiger partial charge in [0.25, 0.3) is 5.91 Å². The first kappa shape index (κ1) is 21.9. The molecule has 0 aliphatic carbocycles. The number of nitrogens with zero attached hydrogens (tertiary/aromatic N) is 4. The van der Waals surface area contributed by atoms with Crippen molar-refractivity contribution in [3.8, 4) is 11.4 Å². The molecule has 1 fully saturated rings. The van der Waals surface area contributed by atoms with Crippen molar-refractivity contribution < 1.29 is 9.53 Å². The molecular formula is C27H29N5O2. The summed E-state index contributed by atoms with van der Waals surface area (Å²) in [4.78, 5) is 17.7. The molecule has 5 rings (SSSR count). The highest BCUT2D eigenvalue weighted by Crippen LogP contribution is 2.31. The van der Waals surface area contributed by atoms with E-state index in [9.17, 15) is 4.79 Å². The Hall–Kier alpha value is -3.87. The molecule has 2 aliphatic heterocycles. The molecule has 0 saturated carbocycles. The number of ether oxygens (including phenoxy) is 1. The van der Waals surface area contributed by atoms with Gasteiger partial charge in [-0.1, -0.05) is 6.58 Å². The van der Waals surface area contributed by atoms with Gasteiger partial charge in [-0.2, -0.15) is 5.10 Å². The molecule has 7 nitrogen and oxygen atoms in total. The summed E-state index contributed by atoms with van der Waals surface area (Å²) in [5.41, 5.74) is 5.65. The van der Waals surface area contributed by atoms with Crippen LogP contribution in [0.2, 0.25) is 0 Å². The van der Waals surface area contributed by atoms with Gasteiger partial charge >= 0.3 is 0 Å². The number of methoxy groups -OCH3 is 1. The minimum Gasteiger partial charge on any atom is -0.497 e. The van der Waals surface area contributed by atoms with E-state index in [1.165, 1.54) is 0 Å². The number of carbonyl (C=O) groups excluding carboxylic acids is 1. The molecule has 3 aromatic rings. The third-order valence-corrected chi connectivity index (χ3v) is 6.61. The van der Waals surface area contributed by atoms with Crippen LogP contribution in [0.5, 0.6) is 5.75 Å². The summed E-state index contributed by atoms with van der Waals surface area (Å²) in [5.74, 6) is 1.22. The van der Waals surface area contributed by atoms with Gasteiger partial charge in [-0.25, -0.2) is 4.68 Å². The zero-order valence-electron chi connectivity index (χ0n) is 19.7. The average Bonchev–Trinajstić information content (AvgIpc) is 3.53. The number of aromatic nitrogens is 2. The van der Waals surface area contributed by atoms with Crippen molar-refractivity contribution in [2.24, 2.45) is 0 Å². The number of nitrogens with one attached hydrogen (secondary N) is 1. The molecule has 7 heteroatoms. The number of carbonyl (C=O) groups is 1. The third-order valence-electron chi connectivity index (χ3n) is 6.61. The summed E-state index contributed by atoms with van der Waals surface area (Å²) < 4.78 is 7.01. The number of benzene rings is 2.